The standard InChI is InChI=1S/C13H17N/c1-9-6-11-8-12(14-9)7-10-4-2-3-5-13(10)11/h2-5,9,11-12,14H,6-8H2,1H3/t9-,11+,12+/m1/s1. The quantitative estimate of drug-likeness (QED) is 0.658. The molecule has 14 heavy (non-hydrogen) atoms. The lowest BCUT2D eigenvalue weighted by molar-refractivity contribution is 0.284. The van der Waals surface area contributed by atoms with E-state index in [2.05, 4.69) is 36.5 Å². The molecule has 3 atom stereocenters. The fourth-order valence-electron chi connectivity index (χ4n) is 3.18. The van der Waals surface area contributed by atoms with Crippen LogP contribution in [0.25, 0.3) is 0 Å². The molecule has 0 amide bonds. The van der Waals surface area contributed by atoms with Crippen molar-refractivity contribution in [2.24, 2.45) is 0 Å². The van der Waals surface area contributed by atoms with Gasteiger partial charge in [0.05, 0.1) is 0 Å². The van der Waals surface area contributed by atoms with E-state index in [4.69, 9.17) is 0 Å². The monoisotopic (exact) mass is 187 g/mol. The van der Waals surface area contributed by atoms with Crippen LogP contribution >= 0.6 is 0 Å². The van der Waals surface area contributed by atoms with Gasteiger partial charge in [-0.05, 0) is 43.2 Å². The Hall–Kier alpha value is -0.820. The van der Waals surface area contributed by atoms with E-state index in [9.17, 15) is 0 Å². The number of hydrogen-bond donors (Lipinski definition) is 1. The molecule has 1 heteroatoms. The zero-order valence-electron chi connectivity index (χ0n) is 8.66. The molecule has 1 nitrogen and oxygen atoms in total. The fraction of sp³-hybridized carbons (Fsp3) is 0.538. The van der Waals surface area contributed by atoms with Crippen molar-refractivity contribution in [3.63, 3.8) is 0 Å². The van der Waals surface area contributed by atoms with Crippen LogP contribution in [0.1, 0.15) is 36.8 Å². The van der Waals surface area contributed by atoms with Gasteiger partial charge in [0, 0.05) is 12.1 Å². The third-order valence-corrected chi connectivity index (χ3v) is 3.69. The molecule has 74 valence electrons. The molecule has 0 saturated carbocycles. The van der Waals surface area contributed by atoms with Gasteiger partial charge in [0.15, 0.2) is 0 Å². The van der Waals surface area contributed by atoms with Gasteiger partial charge < -0.3 is 5.32 Å². The average Bonchev–Trinajstić information content (AvgIpc) is 2.17. The van der Waals surface area contributed by atoms with E-state index in [0.717, 1.165) is 12.0 Å². The summed E-state index contributed by atoms with van der Waals surface area (Å²) in [5, 5.41) is 3.69. The van der Waals surface area contributed by atoms with Crippen LogP contribution in [-0.2, 0) is 6.42 Å². The Morgan fingerprint density at radius 1 is 1.21 bits per heavy atom. The molecule has 1 aromatic carbocycles. The molecule has 0 spiro atoms. The Balaban J connectivity index is 2.01. The van der Waals surface area contributed by atoms with Crippen molar-refractivity contribution in [1.29, 1.82) is 0 Å². The first-order chi connectivity index (χ1) is 6.83. The Morgan fingerprint density at radius 3 is 3.00 bits per heavy atom. The molecule has 0 aromatic heterocycles. The van der Waals surface area contributed by atoms with Crippen molar-refractivity contribution in [3.05, 3.63) is 35.4 Å². The van der Waals surface area contributed by atoms with Gasteiger partial charge in [-0.1, -0.05) is 24.3 Å². The SMILES string of the molecule is C[C@@H]1C[C@H]2C[C@H](Cc3ccccc32)N1. The minimum Gasteiger partial charge on any atom is -0.311 e. The van der Waals surface area contributed by atoms with Crippen LogP contribution in [0.4, 0.5) is 0 Å². The second-order valence-corrected chi connectivity index (χ2v) is 4.84. The molecule has 2 bridgehead atoms. The van der Waals surface area contributed by atoms with Gasteiger partial charge in [0.2, 0.25) is 0 Å². The van der Waals surface area contributed by atoms with Crippen LogP contribution in [0.5, 0.6) is 0 Å². The topological polar surface area (TPSA) is 12.0 Å². The first-order valence-corrected chi connectivity index (χ1v) is 5.67. The summed E-state index contributed by atoms with van der Waals surface area (Å²) in [4.78, 5) is 0. The highest BCUT2D eigenvalue weighted by Crippen LogP contribution is 2.37. The highest BCUT2D eigenvalue weighted by Gasteiger charge is 2.32. The molecular weight excluding hydrogens is 170 g/mol. The Labute approximate surface area is 85.5 Å². The molecule has 1 fully saturated rings. The van der Waals surface area contributed by atoms with Crippen LogP contribution in [0.2, 0.25) is 0 Å². The zero-order valence-corrected chi connectivity index (χ0v) is 8.66. The first-order valence-electron chi connectivity index (χ1n) is 5.67. The van der Waals surface area contributed by atoms with Crippen molar-refractivity contribution in [1.82, 2.24) is 5.32 Å². The molecule has 0 unspecified atom stereocenters. The molecule has 2 aliphatic rings. The fourth-order valence-corrected chi connectivity index (χ4v) is 3.18. The summed E-state index contributed by atoms with van der Waals surface area (Å²) in [5.74, 6) is 0.821. The lowest BCUT2D eigenvalue weighted by Gasteiger charge is -2.40. The van der Waals surface area contributed by atoms with Crippen LogP contribution in [0.3, 0.4) is 0 Å². The highest BCUT2D eigenvalue weighted by molar-refractivity contribution is 5.34. The summed E-state index contributed by atoms with van der Waals surface area (Å²) < 4.78 is 0. The Bertz CT molecular complexity index is 345. The highest BCUT2D eigenvalue weighted by atomic mass is 15.0. The summed E-state index contributed by atoms with van der Waals surface area (Å²) in [6.07, 6.45) is 3.89. The summed E-state index contributed by atoms with van der Waals surface area (Å²) in [5.41, 5.74) is 3.20. The molecule has 0 radical (unpaired) electrons. The number of rotatable bonds is 0. The normalized spacial score (nSPS) is 35.1. The molecule has 1 heterocycles. The molecule has 1 N–H and O–H groups in total. The van der Waals surface area contributed by atoms with Crippen molar-refractivity contribution in [3.8, 4) is 0 Å². The van der Waals surface area contributed by atoms with E-state index in [1.807, 2.05) is 0 Å². The molecule has 1 saturated heterocycles. The van der Waals surface area contributed by atoms with E-state index >= 15 is 0 Å². The van der Waals surface area contributed by atoms with Crippen molar-refractivity contribution < 1.29 is 0 Å². The average molecular weight is 187 g/mol. The van der Waals surface area contributed by atoms with E-state index in [1.54, 1.807) is 11.1 Å². The van der Waals surface area contributed by atoms with Crippen molar-refractivity contribution in [2.75, 3.05) is 0 Å². The summed E-state index contributed by atoms with van der Waals surface area (Å²) in [7, 11) is 0. The molecular formula is C13H17N. The second-order valence-electron chi connectivity index (χ2n) is 4.84. The van der Waals surface area contributed by atoms with E-state index < -0.39 is 0 Å². The minimum atomic E-state index is 0.701. The van der Waals surface area contributed by atoms with E-state index in [0.29, 0.717) is 6.04 Å². The Morgan fingerprint density at radius 2 is 2.07 bits per heavy atom. The Kier molecular flexibility index (Phi) is 1.88. The van der Waals surface area contributed by atoms with Crippen molar-refractivity contribution in [2.45, 2.75) is 44.2 Å². The van der Waals surface area contributed by atoms with Crippen LogP contribution in [0.15, 0.2) is 24.3 Å². The third kappa shape index (κ3) is 1.27. The minimum absolute atomic E-state index is 0.701. The lowest BCUT2D eigenvalue weighted by Crippen LogP contribution is -2.47. The van der Waals surface area contributed by atoms with Gasteiger partial charge in [-0.3, -0.25) is 0 Å². The molecule has 1 aliphatic heterocycles. The van der Waals surface area contributed by atoms with E-state index in [1.165, 1.54) is 19.3 Å². The maximum atomic E-state index is 3.69. The summed E-state index contributed by atoms with van der Waals surface area (Å²) in [6, 6.07) is 10.4. The maximum Gasteiger partial charge on any atom is 0.0116 e. The predicted octanol–water partition coefficient (Wildman–Crippen LogP) is 2.47. The largest absolute Gasteiger partial charge is 0.311 e. The van der Waals surface area contributed by atoms with Crippen molar-refractivity contribution >= 4 is 0 Å². The van der Waals surface area contributed by atoms with Gasteiger partial charge >= 0.3 is 0 Å². The molecule has 1 aliphatic carbocycles. The van der Waals surface area contributed by atoms with E-state index in [-0.39, 0.29) is 0 Å². The van der Waals surface area contributed by atoms with Gasteiger partial charge in [-0.2, -0.15) is 0 Å². The summed E-state index contributed by atoms with van der Waals surface area (Å²) in [6.45, 7) is 2.31. The van der Waals surface area contributed by atoms with Gasteiger partial charge in [0.1, 0.15) is 0 Å². The second kappa shape index (κ2) is 3.09. The predicted molar refractivity (Wildman–Crippen MR) is 58.5 cm³/mol. The van der Waals surface area contributed by atoms with Crippen LogP contribution in [-0.4, -0.2) is 12.1 Å². The molecule has 3 rings (SSSR count). The molecule has 1 aromatic rings. The summed E-state index contributed by atoms with van der Waals surface area (Å²) >= 11 is 0. The zero-order chi connectivity index (χ0) is 9.54. The number of hydrogen-bond acceptors (Lipinski definition) is 1. The van der Waals surface area contributed by atoms with Crippen LogP contribution in [0, 0.1) is 0 Å². The van der Waals surface area contributed by atoms with Crippen LogP contribution < -0.4 is 5.32 Å². The third-order valence-electron chi connectivity index (χ3n) is 3.69. The lowest BCUT2D eigenvalue weighted by atomic mass is 9.74. The first kappa shape index (κ1) is 8.49. The number of nitrogens with one attached hydrogen (secondary N) is 1. The van der Waals surface area contributed by atoms with Gasteiger partial charge in [-0.15, -0.1) is 0 Å². The van der Waals surface area contributed by atoms with Gasteiger partial charge in [0.25, 0.3) is 0 Å². The smallest absolute Gasteiger partial charge is 0.0116 e. The van der Waals surface area contributed by atoms with Gasteiger partial charge in [-0.25, -0.2) is 0 Å². The maximum absolute atomic E-state index is 3.69. The number of benzene rings is 1. The number of piperidine rings is 1. The number of fused-ring (bicyclic) bond motifs is 4.